The number of rotatable bonds is 3. The average Bonchev–Trinajstić information content (AvgIpc) is 2.81. The highest BCUT2D eigenvalue weighted by Gasteiger charge is 2.25. The van der Waals surface area contributed by atoms with Crippen LogP contribution in [0.1, 0.15) is 42.5 Å². The van der Waals surface area contributed by atoms with Crippen molar-refractivity contribution >= 4 is 5.91 Å². The minimum Gasteiger partial charge on any atom is -0.368 e. The van der Waals surface area contributed by atoms with E-state index in [0.717, 1.165) is 12.8 Å². The maximum atomic E-state index is 12.0. The predicted molar refractivity (Wildman–Crippen MR) is 71.4 cm³/mol. The lowest BCUT2D eigenvalue weighted by Crippen LogP contribution is -2.36. The minimum absolute atomic E-state index is 0.0139. The zero-order valence-corrected chi connectivity index (χ0v) is 11.3. The van der Waals surface area contributed by atoms with Gasteiger partial charge in [-0.3, -0.25) is 4.79 Å². The Kier molecular flexibility index (Phi) is 4.02. The van der Waals surface area contributed by atoms with Gasteiger partial charge in [-0.25, -0.2) is 0 Å². The van der Waals surface area contributed by atoms with Crippen molar-refractivity contribution in [3.8, 4) is 0 Å². The van der Waals surface area contributed by atoms with Gasteiger partial charge in [0.1, 0.15) is 6.10 Å². The molecule has 1 aliphatic rings. The number of carbonyl (C=O) groups excluding carboxylic acids is 1. The monoisotopic (exact) mass is 247 g/mol. The second-order valence-corrected chi connectivity index (χ2v) is 5.09. The molecule has 1 N–H and O–H groups in total. The summed E-state index contributed by atoms with van der Waals surface area (Å²) < 4.78 is 5.39. The van der Waals surface area contributed by atoms with Crippen LogP contribution in [0, 0.1) is 13.8 Å². The summed E-state index contributed by atoms with van der Waals surface area (Å²) in [5.74, 6) is 0.0139. The third-order valence-corrected chi connectivity index (χ3v) is 3.47. The summed E-state index contributed by atoms with van der Waals surface area (Å²) in [4.78, 5) is 12.0. The lowest BCUT2D eigenvalue weighted by Gasteiger charge is -2.19. The molecule has 1 aromatic carbocycles. The van der Waals surface area contributed by atoms with Crippen LogP contribution in [-0.2, 0) is 9.53 Å². The molecule has 0 radical (unpaired) electrons. The first-order chi connectivity index (χ1) is 8.58. The Hall–Kier alpha value is -1.35. The second kappa shape index (κ2) is 5.53. The van der Waals surface area contributed by atoms with Crippen molar-refractivity contribution < 1.29 is 9.53 Å². The Balaban J connectivity index is 2.02. The van der Waals surface area contributed by atoms with Gasteiger partial charge in [0.25, 0.3) is 0 Å². The van der Waals surface area contributed by atoms with Gasteiger partial charge in [-0.2, -0.15) is 0 Å². The maximum absolute atomic E-state index is 12.0. The number of benzene rings is 1. The quantitative estimate of drug-likeness (QED) is 0.891. The van der Waals surface area contributed by atoms with Crippen molar-refractivity contribution in [3.63, 3.8) is 0 Å². The molecule has 3 heteroatoms. The molecular formula is C15H21NO2. The van der Waals surface area contributed by atoms with Crippen LogP contribution in [0.4, 0.5) is 0 Å². The highest BCUT2D eigenvalue weighted by atomic mass is 16.5. The summed E-state index contributed by atoms with van der Waals surface area (Å²) >= 11 is 0. The van der Waals surface area contributed by atoms with Crippen LogP contribution >= 0.6 is 0 Å². The number of amides is 1. The normalized spacial score (nSPS) is 20.7. The number of carbonyl (C=O) groups is 1. The largest absolute Gasteiger partial charge is 0.368 e. The standard InChI is InChI=1S/C15H21NO2/c1-10-6-7-13(11(2)9-10)12(3)16-15(17)14-5-4-8-18-14/h6-7,9,12,14H,4-5,8H2,1-3H3,(H,16,17). The van der Waals surface area contributed by atoms with Crippen LogP contribution in [0.2, 0.25) is 0 Å². The molecule has 2 rings (SSSR count). The van der Waals surface area contributed by atoms with E-state index in [-0.39, 0.29) is 18.1 Å². The van der Waals surface area contributed by atoms with Gasteiger partial charge in [0.2, 0.25) is 5.91 Å². The molecule has 0 aromatic heterocycles. The fourth-order valence-corrected chi connectivity index (χ4v) is 2.48. The van der Waals surface area contributed by atoms with E-state index in [9.17, 15) is 4.79 Å². The number of aryl methyl sites for hydroxylation is 2. The smallest absolute Gasteiger partial charge is 0.249 e. The lowest BCUT2D eigenvalue weighted by molar-refractivity contribution is -0.130. The van der Waals surface area contributed by atoms with Gasteiger partial charge in [0, 0.05) is 6.61 Å². The third-order valence-electron chi connectivity index (χ3n) is 3.47. The van der Waals surface area contributed by atoms with Gasteiger partial charge >= 0.3 is 0 Å². The molecule has 1 aliphatic heterocycles. The van der Waals surface area contributed by atoms with E-state index in [1.165, 1.54) is 16.7 Å². The number of hydrogen-bond acceptors (Lipinski definition) is 2. The fourth-order valence-electron chi connectivity index (χ4n) is 2.48. The molecule has 98 valence electrons. The molecule has 1 heterocycles. The summed E-state index contributed by atoms with van der Waals surface area (Å²) in [7, 11) is 0. The summed E-state index contributed by atoms with van der Waals surface area (Å²) in [6.45, 7) is 6.88. The first-order valence-electron chi connectivity index (χ1n) is 6.57. The van der Waals surface area contributed by atoms with Crippen molar-refractivity contribution in [3.05, 3.63) is 34.9 Å². The highest BCUT2D eigenvalue weighted by Crippen LogP contribution is 2.20. The number of ether oxygens (including phenoxy) is 1. The Morgan fingerprint density at radius 2 is 2.22 bits per heavy atom. The Bertz CT molecular complexity index is 436. The molecule has 1 fully saturated rings. The van der Waals surface area contributed by atoms with Gasteiger partial charge in [0.15, 0.2) is 0 Å². The summed E-state index contributed by atoms with van der Waals surface area (Å²) in [5.41, 5.74) is 3.64. The molecule has 0 saturated carbocycles. The van der Waals surface area contributed by atoms with Gasteiger partial charge in [-0.15, -0.1) is 0 Å². The highest BCUT2D eigenvalue weighted by molar-refractivity contribution is 5.81. The molecule has 1 amide bonds. The zero-order chi connectivity index (χ0) is 13.1. The number of nitrogens with one attached hydrogen (secondary N) is 1. The molecule has 3 nitrogen and oxygen atoms in total. The first-order valence-corrected chi connectivity index (χ1v) is 6.57. The second-order valence-electron chi connectivity index (χ2n) is 5.09. The summed E-state index contributed by atoms with van der Waals surface area (Å²) in [6.07, 6.45) is 1.57. The predicted octanol–water partition coefficient (Wildman–Crippen LogP) is 2.66. The minimum atomic E-state index is -0.252. The van der Waals surface area contributed by atoms with Crippen LogP contribution in [0.25, 0.3) is 0 Å². The third kappa shape index (κ3) is 2.91. The Morgan fingerprint density at radius 1 is 1.44 bits per heavy atom. The van der Waals surface area contributed by atoms with E-state index in [2.05, 4.69) is 37.4 Å². The summed E-state index contributed by atoms with van der Waals surface area (Å²) in [6, 6.07) is 6.34. The van der Waals surface area contributed by atoms with E-state index < -0.39 is 0 Å². The zero-order valence-electron chi connectivity index (χ0n) is 11.3. The molecule has 2 unspecified atom stereocenters. The van der Waals surface area contributed by atoms with Crippen molar-refractivity contribution in [2.24, 2.45) is 0 Å². The maximum Gasteiger partial charge on any atom is 0.249 e. The average molecular weight is 247 g/mol. The molecule has 0 aliphatic carbocycles. The van der Waals surface area contributed by atoms with Crippen molar-refractivity contribution in [1.29, 1.82) is 0 Å². The van der Waals surface area contributed by atoms with Crippen LogP contribution in [-0.4, -0.2) is 18.6 Å². The van der Waals surface area contributed by atoms with Crippen LogP contribution in [0.3, 0.4) is 0 Å². The van der Waals surface area contributed by atoms with Crippen molar-refractivity contribution in [2.75, 3.05) is 6.61 Å². The molecule has 1 aromatic rings. The Morgan fingerprint density at radius 3 is 2.83 bits per heavy atom. The van der Waals surface area contributed by atoms with E-state index >= 15 is 0 Å². The molecule has 18 heavy (non-hydrogen) atoms. The van der Waals surface area contributed by atoms with Gasteiger partial charge in [-0.05, 0) is 44.7 Å². The topological polar surface area (TPSA) is 38.3 Å². The van der Waals surface area contributed by atoms with Crippen LogP contribution in [0.15, 0.2) is 18.2 Å². The van der Waals surface area contributed by atoms with E-state index in [4.69, 9.17) is 4.74 Å². The molecule has 0 spiro atoms. The van der Waals surface area contributed by atoms with Crippen LogP contribution < -0.4 is 5.32 Å². The summed E-state index contributed by atoms with van der Waals surface area (Å²) in [5, 5.41) is 3.03. The van der Waals surface area contributed by atoms with Gasteiger partial charge in [-0.1, -0.05) is 23.8 Å². The van der Waals surface area contributed by atoms with Gasteiger partial charge in [0.05, 0.1) is 6.04 Å². The lowest BCUT2D eigenvalue weighted by atomic mass is 10.00. The van der Waals surface area contributed by atoms with E-state index in [1.807, 2.05) is 6.92 Å². The molecule has 1 saturated heterocycles. The van der Waals surface area contributed by atoms with E-state index in [1.54, 1.807) is 0 Å². The Labute approximate surface area is 109 Å². The molecule has 2 atom stereocenters. The first kappa shape index (κ1) is 13.1. The number of hydrogen-bond donors (Lipinski definition) is 1. The SMILES string of the molecule is Cc1ccc(C(C)NC(=O)C2CCCO2)c(C)c1. The van der Waals surface area contributed by atoms with Crippen molar-refractivity contribution in [2.45, 2.75) is 45.8 Å². The fraction of sp³-hybridized carbons (Fsp3) is 0.533. The molecule has 0 bridgehead atoms. The van der Waals surface area contributed by atoms with Crippen molar-refractivity contribution in [1.82, 2.24) is 5.32 Å². The molecular weight excluding hydrogens is 226 g/mol. The van der Waals surface area contributed by atoms with Crippen LogP contribution in [0.5, 0.6) is 0 Å². The van der Waals surface area contributed by atoms with Gasteiger partial charge < -0.3 is 10.1 Å². The van der Waals surface area contributed by atoms with E-state index in [0.29, 0.717) is 6.61 Å².